The number of nitrogens with one attached hydrogen (secondary N) is 2. The number of hydrazone groups is 1. The number of para-hydroxylation sites is 1. The van der Waals surface area contributed by atoms with Crippen molar-refractivity contribution in [3.63, 3.8) is 0 Å². The van der Waals surface area contributed by atoms with Gasteiger partial charge in [-0.2, -0.15) is 5.10 Å². The van der Waals surface area contributed by atoms with Crippen LogP contribution in [0.15, 0.2) is 58.4 Å². The van der Waals surface area contributed by atoms with Gasteiger partial charge in [-0.1, -0.05) is 24.3 Å². The molecule has 0 atom stereocenters. The normalized spacial score (nSPS) is 11.0. The van der Waals surface area contributed by atoms with Gasteiger partial charge in [-0.3, -0.25) is 14.2 Å². The van der Waals surface area contributed by atoms with Gasteiger partial charge in [0.15, 0.2) is 0 Å². The second-order valence-electron chi connectivity index (χ2n) is 5.68. The molecule has 0 unspecified atom stereocenters. The minimum atomic E-state index is -0.118. The fourth-order valence-electron chi connectivity index (χ4n) is 2.57. The monoisotopic (exact) mass is 349 g/mol. The molecule has 7 heteroatoms. The maximum absolute atomic E-state index is 12.5. The number of hydrogen-bond acceptors (Lipinski definition) is 5. The lowest BCUT2D eigenvalue weighted by atomic mass is 10.2. The van der Waals surface area contributed by atoms with Crippen LogP contribution in [0.25, 0.3) is 10.9 Å². The number of hydrogen-bond donors (Lipinski definition) is 2. The van der Waals surface area contributed by atoms with Crippen LogP contribution in [-0.4, -0.2) is 21.7 Å². The predicted octanol–water partition coefficient (Wildman–Crippen LogP) is 2.82. The summed E-state index contributed by atoms with van der Waals surface area (Å²) in [5.41, 5.74) is 4.93. The largest absolute Gasteiger partial charge is 0.326 e. The number of rotatable bonds is 5. The molecule has 26 heavy (non-hydrogen) atoms. The molecular weight excluding hydrogens is 330 g/mol. The molecule has 0 saturated heterocycles. The number of amides is 1. The smallest absolute Gasteiger partial charge is 0.262 e. The van der Waals surface area contributed by atoms with E-state index in [9.17, 15) is 9.59 Å². The Bertz CT molecular complexity index is 1020. The first kappa shape index (κ1) is 17.3. The zero-order valence-electron chi connectivity index (χ0n) is 14.6. The van der Waals surface area contributed by atoms with Crippen molar-refractivity contribution in [1.29, 1.82) is 0 Å². The van der Waals surface area contributed by atoms with E-state index in [1.165, 1.54) is 6.92 Å². The summed E-state index contributed by atoms with van der Waals surface area (Å²) in [7, 11) is 0. The maximum Gasteiger partial charge on any atom is 0.262 e. The van der Waals surface area contributed by atoms with E-state index in [1.54, 1.807) is 35.0 Å². The third kappa shape index (κ3) is 3.77. The summed E-state index contributed by atoms with van der Waals surface area (Å²) >= 11 is 0. The van der Waals surface area contributed by atoms with Crippen LogP contribution < -0.4 is 16.3 Å². The Kier molecular flexibility index (Phi) is 5.07. The van der Waals surface area contributed by atoms with Gasteiger partial charge in [0, 0.05) is 19.2 Å². The highest BCUT2D eigenvalue weighted by Crippen LogP contribution is 2.11. The Morgan fingerprint density at radius 1 is 1.19 bits per heavy atom. The van der Waals surface area contributed by atoms with E-state index in [0.29, 0.717) is 23.4 Å². The number of aromatic nitrogens is 2. The topological polar surface area (TPSA) is 88.4 Å². The molecule has 1 amide bonds. The van der Waals surface area contributed by atoms with E-state index in [0.717, 1.165) is 11.3 Å². The van der Waals surface area contributed by atoms with Crippen molar-refractivity contribution in [3.05, 3.63) is 64.4 Å². The van der Waals surface area contributed by atoms with E-state index >= 15 is 0 Å². The molecule has 0 spiro atoms. The molecule has 2 N–H and O–H groups in total. The van der Waals surface area contributed by atoms with E-state index < -0.39 is 0 Å². The molecule has 0 aliphatic carbocycles. The van der Waals surface area contributed by atoms with Gasteiger partial charge in [-0.15, -0.1) is 0 Å². The highest BCUT2D eigenvalue weighted by atomic mass is 16.1. The summed E-state index contributed by atoms with van der Waals surface area (Å²) < 4.78 is 1.54. The molecular formula is C19H19N5O2. The fourth-order valence-corrected chi connectivity index (χ4v) is 2.57. The minimum absolute atomic E-state index is 0.101. The molecule has 1 heterocycles. The Morgan fingerprint density at radius 2 is 1.92 bits per heavy atom. The van der Waals surface area contributed by atoms with Gasteiger partial charge in [0.2, 0.25) is 11.9 Å². The summed E-state index contributed by atoms with van der Waals surface area (Å²) in [6.07, 6.45) is 1.62. The lowest BCUT2D eigenvalue weighted by Gasteiger charge is -2.10. The molecule has 3 rings (SSSR count). The zero-order chi connectivity index (χ0) is 18.5. The highest BCUT2D eigenvalue weighted by Gasteiger charge is 2.08. The minimum Gasteiger partial charge on any atom is -0.326 e. The van der Waals surface area contributed by atoms with Crippen LogP contribution in [0.2, 0.25) is 0 Å². The molecule has 132 valence electrons. The summed E-state index contributed by atoms with van der Waals surface area (Å²) in [5.74, 6) is 0.273. The summed E-state index contributed by atoms with van der Waals surface area (Å²) in [6, 6.07) is 14.5. The number of fused-ring (bicyclic) bond motifs is 1. The Morgan fingerprint density at radius 3 is 2.62 bits per heavy atom. The molecule has 0 bridgehead atoms. The molecule has 7 nitrogen and oxygen atoms in total. The second kappa shape index (κ2) is 7.60. The lowest BCUT2D eigenvalue weighted by Crippen LogP contribution is -2.23. The van der Waals surface area contributed by atoms with Gasteiger partial charge in [0.25, 0.3) is 5.56 Å². The van der Waals surface area contributed by atoms with Crippen LogP contribution in [0.1, 0.15) is 19.4 Å². The second-order valence-corrected chi connectivity index (χ2v) is 5.68. The average Bonchev–Trinajstić information content (AvgIpc) is 2.63. The molecule has 0 aliphatic rings. The molecule has 3 aromatic rings. The zero-order valence-corrected chi connectivity index (χ0v) is 14.6. The Balaban J connectivity index is 1.81. The van der Waals surface area contributed by atoms with Crippen molar-refractivity contribution >= 4 is 34.7 Å². The summed E-state index contributed by atoms with van der Waals surface area (Å²) in [5, 5.41) is 7.46. The van der Waals surface area contributed by atoms with E-state index in [-0.39, 0.29) is 11.5 Å². The first-order valence-corrected chi connectivity index (χ1v) is 8.25. The van der Waals surface area contributed by atoms with Crippen molar-refractivity contribution in [2.45, 2.75) is 20.4 Å². The third-order valence-electron chi connectivity index (χ3n) is 3.79. The average molecular weight is 349 g/mol. The van der Waals surface area contributed by atoms with Crippen LogP contribution in [0.4, 0.5) is 11.6 Å². The SMILES string of the molecule is CCn1c(N/N=C\c2ccc(NC(C)=O)cc2)nc2ccccc2c1=O. The first-order valence-electron chi connectivity index (χ1n) is 8.25. The van der Waals surface area contributed by atoms with Crippen molar-refractivity contribution in [1.82, 2.24) is 9.55 Å². The Labute approximate surface area is 150 Å². The highest BCUT2D eigenvalue weighted by molar-refractivity contribution is 5.89. The van der Waals surface area contributed by atoms with Crippen molar-refractivity contribution < 1.29 is 4.79 Å². The van der Waals surface area contributed by atoms with Crippen LogP contribution >= 0.6 is 0 Å². The van der Waals surface area contributed by atoms with Crippen LogP contribution in [0.5, 0.6) is 0 Å². The van der Waals surface area contributed by atoms with E-state index in [2.05, 4.69) is 20.8 Å². The van der Waals surface area contributed by atoms with Gasteiger partial charge in [0.05, 0.1) is 17.1 Å². The molecule has 0 saturated carbocycles. The van der Waals surface area contributed by atoms with Crippen molar-refractivity contribution in [2.24, 2.45) is 5.10 Å². The van der Waals surface area contributed by atoms with Gasteiger partial charge in [-0.05, 0) is 36.8 Å². The molecule has 1 aromatic heterocycles. The first-order chi connectivity index (χ1) is 12.6. The van der Waals surface area contributed by atoms with Crippen molar-refractivity contribution in [2.75, 3.05) is 10.7 Å². The van der Waals surface area contributed by atoms with Crippen molar-refractivity contribution in [3.8, 4) is 0 Å². The van der Waals surface area contributed by atoms with Gasteiger partial charge in [-0.25, -0.2) is 10.4 Å². The molecule has 0 fully saturated rings. The molecule has 0 aliphatic heterocycles. The maximum atomic E-state index is 12.5. The number of anilines is 2. The van der Waals surface area contributed by atoms with Gasteiger partial charge < -0.3 is 5.32 Å². The number of carbonyl (C=O) groups excluding carboxylic acids is 1. The van der Waals surface area contributed by atoms with E-state index in [4.69, 9.17) is 0 Å². The predicted molar refractivity (Wildman–Crippen MR) is 104 cm³/mol. The summed E-state index contributed by atoms with van der Waals surface area (Å²) in [4.78, 5) is 28.0. The van der Waals surface area contributed by atoms with Crippen LogP contribution in [-0.2, 0) is 11.3 Å². The molecule has 2 aromatic carbocycles. The van der Waals surface area contributed by atoms with Crippen LogP contribution in [0, 0.1) is 0 Å². The lowest BCUT2D eigenvalue weighted by molar-refractivity contribution is -0.114. The number of benzene rings is 2. The van der Waals surface area contributed by atoms with E-state index in [1.807, 2.05) is 31.2 Å². The van der Waals surface area contributed by atoms with Crippen LogP contribution in [0.3, 0.4) is 0 Å². The Hall–Kier alpha value is -3.48. The molecule has 0 radical (unpaired) electrons. The number of carbonyl (C=O) groups is 1. The van der Waals surface area contributed by atoms with Gasteiger partial charge in [0.1, 0.15) is 0 Å². The fraction of sp³-hybridized carbons (Fsp3) is 0.158. The quantitative estimate of drug-likeness (QED) is 0.548. The summed E-state index contributed by atoms with van der Waals surface area (Å²) in [6.45, 7) is 3.83. The third-order valence-corrected chi connectivity index (χ3v) is 3.79. The van der Waals surface area contributed by atoms with Gasteiger partial charge >= 0.3 is 0 Å². The standard InChI is InChI=1S/C19H19N5O2/c1-3-24-18(26)16-6-4-5-7-17(16)22-19(24)23-20-12-14-8-10-15(11-9-14)21-13(2)25/h4-12H,3H2,1-2H3,(H,21,25)(H,22,23)/b20-12-. The number of nitrogens with zero attached hydrogens (tertiary/aromatic N) is 3.